The van der Waals surface area contributed by atoms with Crippen molar-refractivity contribution in [3.63, 3.8) is 0 Å². The average Bonchev–Trinajstić information content (AvgIpc) is 2.99. The third kappa shape index (κ3) is 3.82. The van der Waals surface area contributed by atoms with Crippen LogP contribution in [0.4, 0.5) is 0 Å². The van der Waals surface area contributed by atoms with E-state index < -0.39 is 0 Å². The SMILES string of the molecule is NC(CCc1ccncc1)CCc1ccc2c(c1)CCO2. The zero-order chi connectivity index (χ0) is 14.5. The van der Waals surface area contributed by atoms with Gasteiger partial charge in [-0.2, -0.15) is 0 Å². The van der Waals surface area contributed by atoms with Gasteiger partial charge in [-0.1, -0.05) is 12.1 Å². The minimum atomic E-state index is 0.252. The summed E-state index contributed by atoms with van der Waals surface area (Å²) < 4.78 is 5.54. The summed E-state index contributed by atoms with van der Waals surface area (Å²) in [4.78, 5) is 4.04. The van der Waals surface area contributed by atoms with E-state index in [1.807, 2.05) is 12.4 Å². The van der Waals surface area contributed by atoms with E-state index in [1.54, 1.807) is 0 Å². The fourth-order valence-corrected chi connectivity index (χ4v) is 2.79. The van der Waals surface area contributed by atoms with Gasteiger partial charge in [0.05, 0.1) is 6.61 Å². The second-order valence-corrected chi connectivity index (χ2v) is 5.73. The van der Waals surface area contributed by atoms with E-state index in [0.717, 1.165) is 44.5 Å². The third-order valence-corrected chi connectivity index (χ3v) is 4.11. The van der Waals surface area contributed by atoms with Crippen molar-refractivity contribution in [2.75, 3.05) is 6.61 Å². The first-order valence-corrected chi connectivity index (χ1v) is 7.70. The summed E-state index contributed by atoms with van der Waals surface area (Å²) in [6, 6.07) is 10.9. The van der Waals surface area contributed by atoms with Gasteiger partial charge in [-0.05, 0) is 60.6 Å². The summed E-state index contributed by atoms with van der Waals surface area (Å²) >= 11 is 0. The van der Waals surface area contributed by atoms with Crippen molar-refractivity contribution in [1.82, 2.24) is 4.98 Å². The highest BCUT2D eigenvalue weighted by atomic mass is 16.5. The highest BCUT2D eigenvalue weighted by Gasteiger charge is 2.12. The first kappa shape index (κ1) is 14.1. The van der Waals surface area contributed by atoms with Gasteiger partial charge < -0.3 is 10.5 Å². The van der Waals surface area contributed by atoms with Gasteiger partial charge >= 0.3 is 0 Å². The minimum Gasteiger partial charge on any atom is -0.493 e. The number of fused-ring (bicyclic) bond motifs is 1. The van der Waals surface area contributed by atoms with Crippen LogP contribution in [0.2, 0.25) is 0 Å². The Morgan fingerprint density at radius 2 is 1.81 bits per heavy atom. The van der Waals surface area contributed by atoms with Gasteiger partial charge in [0.2, 0.25) is 0 Å². The number of hydrogen-bond donors (Lipinski definition) is 1. The van der Waals surface area contributed by atoms with Crippen LogP contribution in [0, 0.1) is 0 Å². The highest BCUT2D eigenvalue weighted by Crippen LogP contribution is 2.26. The van der Waals surface area contributed by atoms with Gasteiger partial charge in [0, 0.05) is 24.9 Å². The highest BCUT2D eigenvalue weighted by molar-refractivity contribution is 5.39. The molecule has 0 saturated heterocycles. The molecule has 21 heavy (non-hydrogen) atoms. The van der Waals surface area contributed by atoms with Gasteiger partial charge in [-0.25, -0.2) is 0 Å². The average molecular weight is 282 g/mol. The van der Waals surface area contributed by atoms with Gasteiger partial charge in [0.25, 0.3) is 0 Å². The van der Waals surface area contributed by atoms with Gasteiger partial charge in [-0.15, -0.1) is 0 Å². The molecule has 0 bridgehead atoms. The molecule has 1 aliphatic rings. The maximum Gasteiger partial charge on any atom is 0.122 e. The third-order valence-electron chi connectivity index (χ3n) is 4.11. The molecule has 1 unspecified atom stereocenters. The first-order chi connectivity index (χ1) is 10.3. The number of ether oxygens (including phenoxy) is 1. The molecule has 1 aliphatic heterocycles. The van der Waals surface area contributed by atoms with Crippen molar-refractivity contribution in [2.45, 2.75) is 38.1 Å². The van der Waals surface area contributed by atoms with Crippen molar-refractivity contribution in [3.05, 3.63) is 59.4 Å². The van der Waals surface area contributed by atoms with E-state index in [9.17, 15) is 0 Å². The molecule has 2 aromatic rings. The van der Waals surface area contributed by atoms with Crippen molar-refractivity contribution >= 4 is 0 Å². The number of nitrogens with zero attached hydrogens (tertiary/aromatic N) is 1. The van der Waals surface area contributed by atoms with Crippen LogP contribution in [0.15, 0.2) is 42.7 Å². The first-order valence-electron chi connectivity index (χ1n) is 7.70. The maximum absolute atomic E-state index is 6.24. The Hall–Kier alpha value is -1.87. The Morgan fingerprint density at radius 1 is 1.05 bits per heavy atom. The predicted molar refractivity (Wildman–Crippen MR) is 84.5 cm³/mol. The van der Waals surface area contributed by atoms with Crippen LogP contribution in [0.25, 0.3) is 0 Å². The molecule has 110 valence electrons. The van der Waals surface area contributed by atoms with Crippen LogP contribution < -0.4 is 10.5 Å². The second-order valence-electron chi connectivity index (χ2n) is 5.73. The molecule has 0 saturated carbocycles. The quantitative estimate of drug-likeness (QED) is 0.886. The number of aromatic nitrogens is 1. The lowest BCUT2D eigenvalue weighted by molar-refractivity contribution is 0.357. The molecule has 1 atom stereocenters. The number of hydrogen-bond acceptors (Lipinski definition) is 3. The van der Waals surface area contributed by atoms with Gasteiger partial charge in [0.15, 0.2) is 0 Å². The van der Waals surface area contributed by atoms with Crippen LogP contribution >= 0.6 is 0 Å². The topological polar surface area (TPSA) is 48.1 Å². The van der Waals surface area contributed by atoms with Crippen LogP contribution in [0.5, 0.6) is 5.75 Å². The Labute approximate surface area is 126 Å². The molecule has 2 heterocycles. The van der Waals surface area contributed by atoms with E-state index >= 15 is 0 Å². The standard InChI is InChI=1S/C18H22N2O/c19-17(4-1-14-7-10-20-11-8-14)5-2-15-3-6-18-16(13-15)9-12-21-18/h3,6-8,10-11,13,17H,1-2,4-5,9,12,19H2. The largest absolute Gasteiger partial charge is 0.493 e. The van der Waals surface area contributed by atoms with Crippen molar-refractivity contribution in [1.29, 1.82) is 0 Å². The van der Waals surface area contributed by atoms with E-state index in [0.29, 0.717) is 0 Å². The minimum absolute atomic E-state index is 0.252. The number of pyridine rings is 1. The monoisotopic (exact) mass is 282 g/mol. The molecule has 1 aromatic heterocycles. The lowest BCUT2D eigenvalue weighted by Crippen LogP contribution is -2.21. The number of benzene rings is 1. The van der Waals surface area contributed by atoms with Crippen molar-refractivity contribution < 1.29 is 4.74 Å². The molecule has 0 amide bonds. The molecule has 0 fully saturated rings. The zero-order valence-corrected chi connectivity index (χ0v) is 12.3. The van der Waals surface area contributed by atoms with Crippen LogP contribution in [-0.2, 0) is 19.3 Å². The lowest BCUT2D eigenvalue weighted by atomic mass is 9.99. The molecule has 3 nitrogen and oxygen atoms in total. The smallest absolute Gasteiger partial charge is 0.122 e. The van der Waals surface area contributed by atoms with E-state index in [1.165, 1.54) is 16.7 Å². The zero-order valence-electron chi connectivity index (χ0n) is 12.3. The van der Waals surface area contributed by atoms with Gasteiger partial charge in [0.1, 0.15) is 5.75 Å². The normalized spacial score (nSPS) is 14.5. The molecule has 0 spiro atoms. The molecule has 1 aromatic carbocycles. The molecule has 0 radical (unpaired) electrons. The summed E-state index contributed by atoms with van der Waals surface area (Å²) in [5, 5.41) is 0. The lowest BCUT2D eigenvalue weighted by Gasteiger charge is -2.12. The van der Waals surface area contributed by atoms with Crippen LogP contribution in [-0.4, -0.2) is 17.6 Å². The Kier molecular flexibility index (Phi) is 4.51. The summed E-state index contributed by atoms with van der Waals surface area (Å²) in [6.45, 7) is 0.824. The van der Waals surface area contributed by atoms with E-state index in [4.69, 9.17) is 10.5 Å². The fraction of sp³-hybridized carbons (Fsp3) is 0.389. The molecule has 2 N–H and O–H groups in total. The number of nitrogens with two attached hydrogens (primary N) is 1. The number of aryl methyl sites for hydroxylation is 2. The molecule has 3 heteroatoms. The predicted octanol–water partition coefficient (Wildman–Crippen LogP) is 2.91. The summed E-state index contributed by atoms with van der Waals surface area (Å²) in [5.41, 5.74) is 10.3. The fourth-order valence-electron chi connectivity index (χ4n) is 2.79. The van der Waals surface area contributed by atoms with Crippen LogP contribution in [0.3, 0.4) is 0 Å². The van der Waals surface area contributed by atoms with Crippen molar-refractivity contribution in [3.8, 4) is 5.75 Å². The van der Waals surface area contributed by atoms with Crippen molar-refractivity contribution in [2.24, 2.45) is 5.73 Å². The second kappa shape index (κ2) is 6.72. The van der Waals surface area contributed by atoms with Crippen LogP contribution in [0.1, 0.15) is 29.5 Å². The Balaban J connectivity index is 1.46. The van der Waals surface area contributed by atoms with E-state index in [2.05, 4.69) is 35.3 Å². The summed E-state index contributed by atoms with van der Waals surface area (Å²) in [7, 11) is 0. The maximum atomic E-state index is 6.24. The van der Waals surface area contributed by atoms with E-state index in [-0.39, 0.29) is 6.04 Å². The summed E-state index contributed by atoms with van der Waals surface area (Å²) in [6.07, 6.45) is 8.85. The summed E-state index contributed by atoms with van der Waals surface area (Å²) in [5.74, 6) is 1.06. The Bertz CT molecular complexity index is 583. The Morgan fingerprint density at radius 3 is 2.62 bits per heavy atom. The molecule has 3 rings (SSSR count). The molecular weight excluding hydrogens is 260 g/mol. The number of rotatable bonds is 6. The molecule has 0 aliphatic carbocycles. The molecular formula is C18H22N2O. The van der Waals surface area contributed by atoms with Gasteiger partial charge in [-0.3, -0.25) is 4.98 Å².